The van der Waals surface area contributed by atoms with Crippen LogP contribution in [0.5, 0.6) is 5.75 Å². The number of hydrogen-bond acceptors (Lipinski definition) is 5. The fourth-order valence-electron chi connectivity index (χ4n) is 3.42. The minimum absolute atomic E-state index is 0.398. The lowest BCUT2D eigenvalue weighted by Gasteiger charge is -2.06. The zero-order valence-corrected chi connectivity index (χ0v) is 16.3. The molecule has 3 aromatic rings. The first kappa shape index (κ1) is 18.4. The van der Waals surface area contributed by atoms with Crippen molar-refractivity contribution in [3.05, 3.63) is 65.2 Å². The van der Waals surface area contributed by atoms with Crippen molar-refractivity contribution in [3.63, 3.8) is 0 Å². The number of hydrogen-bond donors (Lipinski definition) is 4. The molecule has 150 valence electrons. The molecule has 3 aromatic heterocycles. The summed E-state index contributed by atoms with van der Waals surface area (Å²) in [6.07, 6.45) is 8.11. The van der Waals surface area contributed by atoms with Crippen molar-refractivity contribution < 1.29 is 4.74 Å². The van der Waals surface area contributed by atoms with Crippen molar-refractivity contribution >= 4 is 46.4 Å². The lowest BCUT2D eigenvalue weighted by molar-refractivity contribution is 0.302. The Balaban J connectivity index is 1.70. The maximum Gasteiger partial charge on any atom is 0.144 e. The quantitative estimate of drug-likeness (QED) is 0.345. The van der Waals surface area contributed by atoms with Crippen LogP contribution in [0.4, 0.5) is 0 Å². The zero-order valence-electron chi connectivity index (χ0n) is 16.3. The monoisotopic (exact) mass is 398 g/mol. The van der Waals surface area contributed by atoms with E-state index in [1.54, 1.807) is 0 Å². The van der Waals surface area contributed by atoms with Crippen molar-refractivity contribution in [2.45, 2.75) is 12.6 Å². The number of fused-ring (bicyclic) bond motifs is 8. The van der Waals surface area contributed by atoms with Crippen LogP contribution >= 0.6 is 0 Å². The van der Waals surface area contributed by atoms with Gasteiger partial charge in [-0.1, -0.05) is 0 Å². The molecule has 2 aliphatic heterocycles. The molecular weight excluding hydrogens is 376 g/mol. The highest BCUT2D eigenvalue weighted by Crippen LogP contribution is 2.24. The van der Waals surface area contributed by atoms with Crippen LogP contribution in [0.15, 0.2) is 42.5 Å². The average Bonchev–Trinajstić information content (AvgIpc) is 3.47. The molecule has 0 atom stereocenters. The largest absolute Gasteiger partial charge is 0.491 e. The molecule has 0 aromatic carbocycles. The topological polar surface area (TPSA) is 119 Å². The Morgan fingerprint density at radius 1 is 0.733 bits per heavy atom. The van der Waals surface area contributed by atoms with Crippen LogP contribution < -0.4 is 16.2 Å². The number of rotatable bonds is 4. The smallest absolute Gasteiger partial charge is 0.144 e. The highest BCUT2D eigenvalue weighted by atomic mass is 16.5. The molecule has 0 fully saturated rings. The van der Waals surface area contributed by atoms with E-state index in [0.717, 1.165) is 50.6 Å². The van der Waals surface area contributed by atoms with E-state index in [9.17, 15) is 0 Å². The van der Waals surface area contributed by atoms with E-state index in [-0.39, 0.29) is 0 Å². The number of aromatic nitrogens is 4. The van der Waals surface area contributed by atoms with Crippen molar-refractivity contribution in [1.29, 1.82) is 0 Å². The fourth-order valence-corrected chi connectivity index (χ4v) is 3.42. The van der Waals surface area contributed by atoms with Gasteiger partial charge >= 0.3 is 0 Å². The first-order valence-electron chi connectivity index (χ1n) is 9.83. The van der Waals surface area contributed by atoms with Crippen LogP contribution in [0.2, 0.25) is 0 Å². The predicted molar refractivity (Wildman–Crippen MR) is 121 cm³/mol. The molecule has 7 heteroatoms. The maximum absolute atomic E-state index is 5.94. The third-order valence-electron chi connectivity index (χ3n) is 4.84. The number of aromatic amines is 2. The Hall–Kier alpha value is -3.68. The molecule has 6 N–H and O–H groups in total. The van der Waals surface area contributed by atoms with Gasteiger partial charge in [-0.2, -0.15) is 0 Å². The molecule has 0 radical (unpaired) electrons. The second-order valence-corrected chi connectivity index (χ2v) is 7.34. The summed E-state index contributed by atoms with van der Waals surface area (Å²) in [6, 6.07) is 14.0. The van der Waals surface area contributed by atoms with Crippen molar-refractivity contribution in [2.24, 2.45) is 11.5 Å². The van der Waals surface area contributed by atoms with E-state index >= 15 is 0 Å². The average molecular weight is 398 g/mol. The molecule has 7 nitrogen and oxygen atoms in total. The van der Waals surface area contributed by atoms with Gasteiger partial charge in [-0.05, 0) is 60.7 Å². The maximum atomic E-state index is 5.94. The SMILES string of the molecule is NC(N)CCOc1cc2cc3ccc(cc4nc(cc5nc(cc1[nH]2)C=C5)C=C4)[nH]3. The van der Waals surface area contributed by atoms with Crippen LogP contribution in [0.25, 0.3) is 46.4 Å². The molecule has 0 amide bonds. The lowest BCUT2D eigenvalue weighted by Crippen LogP contribution is -2.31. The molecule has 2 aliphatic rings. The third kappa shape index (κ3) is 4.03. The Kier molecular flexibility index (Phi) is 4.66. The molecule has 0 saturated carbocycles. The molecule has 0 aliphatic carbocycles. The molecule has 5 heterocycles. The van der Waals surface area contributed by atoms with E-state index in [1.165, 1.54) is 0 Å². The summed E-state index contributed by atoms with van der Waals surface area (Å²) in [5.74, 6) is 0.736. The van der Waals surface area contributed by atoms with Crippen LogP contribution in [0.3, 0.4) is 0 Å². The Bertz CT molecular complexity index is 1310. The van der Waals surface area contributed by atoms with Crippen molar-refractivity contribution in [2.75, 3.05) is 6.61 Å². The normalized spacial score (nSPS) is 12.6. The van der Waals surface area contributed by atoms with Crippen molar-refractivity contribution in [3.8, 4) is 5.75 Å². The lowest BCUT2D eigenvalue weighted by atomic mass is 10.3. The minimum atomic E-state index is -0.398. The van der Waals surface area contributed by atoms with Crippen molar-refractivity contribution in [1.82, 2.24) is 19.9 Å². The van der Waals surface area contributed by atoms with Gasteiger partial charge in [0, 0.05) is 29.0 Å². The number of nitrogens with two attached hydrogens (primary N) is 2. The van der Waals surface area contributed by atoms with E-state index in [4.69, 9.17) is 16.2 Å². The molecule has 0 saturated heterocycles. The third-order valence-corrected chi connectivity index (χ3v) is 4.84. The summed E-state index contributed by atoms with van der Waals surface area (Å²) >= 11 is 0. The first-order chi connectivity index (χ1) is 14.6. The summed E-state index contributed by atoms with van der Waals surface area (Å²) in [5, 5.41) is 0. The van der Waals surface area contributed by atoms with Gasteiger partial charge in [0.2, 0.25) is 0 Å². The number of ether oxygens (including phenoxy) is 1. The summed E-state index contributed by atoms with van der Waals surface area (Å²) in [6.45, 7) is 0.440. The van der Waals surface area contributed by atoms with Gasteiger partial charge in [0.15, 0.2) is 0 Å². The molecular formula is C23H22N6O. The molecule has 0 spiro atoms. The van der Waals surface area contributed by atoms with Gasteiger partial charge in [-0.15, -0.1) is 0 Å². The van der Waals surface area contributed by atoms with E-state index in [0.29, 0.717) is 13.0 Å². The fraction of sp³-hybridized carbons (Fsp3) is 0.130. The summed E-state index contributed by atoms with van der Waals surface area (Å²) in [7, 11) is 0. The van der Waals surface area contributed by atoms with Gasteiger partial charge < -0.3 is 26.2 Å². The zero-order chi connectivity index (χ0) is 20.5. The molecule has 0 unspecified atom stereocenters. The summed E-state index contributed by atoms with van der Waals surface area (Å²) in [5.41, 5.74) is 18.5. The number of nitrogens with one attached hydrogen (secondary N) is 2. The summed E-state index contributed by atoms with van der Waals surface area (Å²) < 4.78 is 5.94. The second-order valence-electron chi connectivity index (χ2n) is 7.34. The Morgan fingerprint density at radius 3 is 2.07 bits per heavy atom. The molecule has 5 rings (SSSR count). The van der Waals surface area contributed by atoms with Crippen LogP contribution in [-0.2, 0) is 0 Å². The van der Waals surface area contributed by atoms with E-state index in [1.807, 2.05) is 66.8 Å². The van der Waals surface area contributed by atoms with Gasteiger partial charge in [0.1, 0.15) is 5.75 Å². The number of H-pyrrole nitrogens is 2. The highest BCUT2D eigenvalue weighted by Gasteiger charge is 2.06. The van der Waals surface area contributed by atoms with Gasteiger partial charge in [-0.25, -0.2) is 9.97 Å². The first-order valence-corrected chi connectivity index (χ1v) is 9.83. The van der Waals surface area contributed by atoms with Gasteiger partial charge in [-0.3, -0.25) is 0 Å². The Labute approximate surface area is 173 Å². The predicted octanol–water partition coefficient (Wildman–Crippen LogP) is 3.67. The Morgan fingerprint density at radius 2 is 1.37 bits per heavy atom. The van der Waals surface area contributed by atoms with Crippen LogP contribution in [0.1, 0.15) is 29.2 Å². The summed E-state index contributed by atoms with van der Waals surface area (Å²) in [4.78, 5) is 16.1. The van der Waals surface area contributed by atoms with E-state index < -0.39 is 6.17 Å². The van der Waals surface area contributed by atoms with Crippen LogP contribution in [-0.4, -0.2) is 32.7 Å². The van der Waals surface area contributed by atoms with Gasteiger partial charge in [0.05, 0.1) is 41.1 Å². The van der Waals surface area contributed by atoms with Gasteiger partial charge in [0.25, 0.3) is 0 Å². The number of nitrogens with zero attached hydrogens (tertiary/aromatic N) is 2. The van der Waals surface area contributed by atoms with E-state index in [2.05, 4.69) is 19.9 Å². The highest BCUT2D eigenvalue weighted by molar-refractivity contribution is 5.79. The molecule has 30 heavy (non-hydrogen) atoms. The standard InChI is InChI=1S/C23H22N6O/c24-23(25)7-8-30-22-13-20-11-18-4-3-16(27-18)9-14-1-2-15(26-14)10-17-5-6-19(28-17)12-21(22)29-20/h1-6,9-13,23,27,29H,7-8,24-25H2. The minimum Gasteiger partial charge on any atom is -0.491 e. The molecule has 8 bridgehead atoms. The van der Waals surface area contributed by atoms with Crippen LogP contribution in [0, 0.1) is 0 Å². The second kappa shape index (κ2) is 7.62.